The van der Waals surface area contributed by atoms with E-state index in [4.69, 9.17) is 11.6 Å². The molecule has 0 fully saturated rings. The lowest BCUT2D eigenvalue weighted by Crippen LogP contribution is -2.07. The summed E-state index contributed by atoms with van der Waals surface area (Å²) in [6.07, 6.45) is -3.79. The van der Waals surface area contributed by atoms with Crippen LogP contribution in [0.1, 0.15) is 21.6 Å². The fraction of sp³-hybridized carbons (Fsp3) is 0.0667. The Morgan fingerprint density at radius 2 is 1.71 bits per heavy atom. The summed E-state index contributed by atoms with van der Waals surface area (Å²) in [7, 11) is 0. The van der Waals surface area contributed by atoms with Gasteiger partial charge in [0, 0.05) is 22.4 Å². The van der Waals surface area contributed by atoms with Crippen molar-refractivity contribution in [3.8, 4) is 0 Å². The van der Waals surface area contributed by atoms with Crippen molar-refractivity contribution in [3.05, 3.63) is 71.0 Å². The van der Waals surface area contributed by atoms with Gasteiger partial charge in [-0.05, 0) is 36.4 Å². The first kappa shape index (κ1) is 15.3. The number of rotatable bonds is 3. The lowest BCUT2D eigenvalue weighted by Gasteiger charge is -2.08. The first-order valence-electron chi connectivity index (χ1n) is 5.82. The molecule has 2 aromatic rings. The molecule has 0 saturated heterocycles. The molecule has 0 spiro atoms. The number of nitrogens with zero attached hydrogens (tertiary/aromatic N) is 1. The van der Waals surface area contributed by atoms with Gasteiger partial charge in [0.1, 0.15) is 0 Å². The van der Waals surface area contributed by atoms with Gasteiger partial charge in [-0.15, -0.1) is 0 Å². The van der Waals surface area contributed by atoms with Crippen LogP contribution in [-0.4, -0.2) is 10.8 Å². The zero-order valence-electron chi connectivity index (χ0n) is 10.6. The Labute approximate surface area is 123 Å². The molecule has 0 aliphatic heterocycles. The van der Waals surface area contributed by atoms with Crippen LogP contribution < -0.4 is 0 Å². The number of halogens is 4. The second-order valence-electron chi connectivity index (χ2n) is 4.24. The van der Waals surface area contributed by atoms with Crippen LogP contribution >= 0.6 is 11.6 Å². The quantitative estimate of drug-likeness (QED) is 0.610. The van der Waals surface area contributed by atoms with Crippen LogP contribution in [0, 0.1) is 0 Å². The smallest absolute Gasteiger partial charge is 0.289 e. The van der Waals surface area contributed by atoms with Gasteiger partial charge >= 0.3 is 6.18 Å². The fourth-order valence-electron chi connectivity index (χ4n) is 1.63. The minimum atomic E-state index is -4.47. The average Bonchev–Trinajstić information content (AvgIpc) is 2.46. The van der Waals surface area contributed by atoms with Gasteiger partial charge < -0.3 is 0 Å². The van der Waals surface area contributed by atoms with Crippen molar-refractivity contribution >= 4 is 23.0 Å². The largest absolute Gasteiger partial charge is 0.417 e. The normalized spacial score (nSPS) is 11.2. The van der Waals surface area contributed by atoms with E-state index >= 15 is 0 Å². The first-order valence-corrected chi connectivity index (χ1v) is 6.19. The fourth-order valence-corrected chi connectivity index (χ4v) is 1.76. The summed E-state index contributed by atoms with van der Waals surface area (Å²) in [4.78, 5) is 15.8. The molecule has 0 radical (unpaired) electrons. The molecule has 2 nitrogen and oxygen atoms in total. The topological polar surface area (TPSA) is 30.0 Å². The molecule has 21 heavy (non-hydrogen) atoms. The summed E-state index contributed by atoms with van der Waals surface area (Å²) in [5.41, 5.74) is -0.418. The van der Waals surface area contributed by atoms with Gasteiger partial charge in [0.15, 0.2) is 5.78 Å². The minimum Gasteiger partial charge on any atom is -0.289 e. The van der Waals surface area contributed by atoms with Crippen LogP contribution in [0.2, 0.25) is 5.02 Å². The van der Waals surface area contributed by atoms with E-state index in [1.165, 1.54) is 12.1 Å². The highest BCUT2D eigenvalue weighted by Gasteiger charge is 2.30. The van der Waals surface area contributed by atoms with Gasteiger partial charge in [0.25, 0.3) is 0 Å². The number of alkyl halides is 3. The standard InChI is InChI=1S/C15H9ClF3NO/c1-9(14(21)10-2-5-12(16)6-3-10)13-7-4-11(8-20-13)15(17,18)19/h2-8H,1H2. The third-order valence-electron chi connectivity index (χ3n) is 2.78. The molecule has 6 heteroatoms. The number of benzene rings is 1. The molecule has 0 aliphatic carbocycles. The van der Waals surface area contributed by atoms with Gasteiger partial charge in [0.2, 0.25) is 0 Å². The molecular formula is C15H9ClF3NO. The molecule has 0 aliphatic rings. The number of carbonyl (C=O) groups is 1. The third kappa shape index (κ3) is 3.49. The maximum atomic E-state index is 12.4. The second kappa shape index (κ2) is 5.69. The Balaban J connectivity index is 2.24. The third-order valence-corrected chi connectivity index (χ3v) is 3.03. The van der Waals surface area contributed by atoms with Gasteiger partial charge in [-0.3, -0.25) is 9.78 Å². The SMILES string of the molecule is C=C(C(=O)c1ccc(Cl)cc1)c1ccc(C(F)(F)F)cn1. The van der Waals surface area contributed by atoms with Crippen LogP contribution in [0.4, 0.5) is 13.2 Å². The van der Waals surface area contributed by atoms with Crippen molar-refractivity contribution in [2.75, 3.05) is 0 Å². The molecule has 0 N–H and O–H groups in total. The van der Waals surface area contributed by atoms with Crippen LogP contribution in [-0.2, 0) is 6.18 Å². The lowest BCUT2D eigenvalue weighted by molar-refractivity contribution is -0.137. The van der Waals surface area contributed by atoms with Gasteiger partial charge in [-0.2, -0.15) is 13.2 Å². The van der Waals surface area contributed by atoms with E-state index < -0.39 is 17.5 Å². The Morgan fingerprint density at radius 3 is 2.19 bits per heavy atom. The summed E-state index contributed by atoms with van der Waals surface area (Å²) in [6.45, 7) is 3.59. The van der Waals surface area contributed by atoms with Crippen molar-refractivity contribution in [3.63, 3.8) is 0 Å². The predicted octanol–water partition coefficient (Wildman–Crippen LogP) is 4.65. The second-order valence-corrected chi connectivity index (χ2v) is 4.68. The summed E-state index contributed by atoms with van der Waals surface area (Å²) in [5, 5.41) is 0.477. The van der Waals surface area contributed by atoms with Crippen molar-refractivity contribution in [1.82, 2.24) is 4.98 Å². The summed E-state index contributed by atoms with van der Waals surface area (Å²) in [5.74, 6) is -0.418. The van der Waals surface area contributed by atoms with Crippen molar-refractivity contribution in [2.24, 2.45) is 0 Å². The number of allylic oxidation sites excluding steroid dienone is 1. The number of pyridine rings is 1. The van der Waals surface area contributed by atoms with Crippen molar-refractivity contribution < 1.29 is 18.0 Å². The zero-order chi connectivity index (χ0) is 15.6. The molecule has 0 bridgehead atoms. The Morgan fingerprint density at radius 1 is 1.10 bits per heavy atom. The summed E-state index contributed by atoms with van der Waals surface area (Å²) >= 11 is 5.72. The van der Waals surface area contributed by atoms with Crippen LogP contribution in [0.5, 0.6) is 0 Å². The molecule has 1 aromatic carbocycles. The molecule has 0 amide bonds. The highest BCUT2D eigenvalue weighted by Crippen LogP contribution is 2.29. The van der Waals surface area contributed by atoms with E-state index in [0.717, 1.165) is 12.1 Å². The van der Waals surface area contributed by atoms with E-state index in [1.54, 1.807) is 12.1 Å². The minimum absolute atomic E-state index is 0.0195. The monoisotopic (exact) mass is 311 g/mol. The summed E-state index contributed by atoms with van der Waals surface area (Å²) in [6, 6.07) is 8.10. The maximum Gasteiger partial charge on any atom is 0.417 e. The lowest BCUT2D eigenvalue weighted by atomic mass is 10.0. The highest BCUT2D eigenvalue weighted by atomic mass is 35.5. The maximum absolute atomic E-state index is 12.4. The number of carbonyl (C=O) groups excluding carboxylic acids is 1. The van der Waals surface area contributed by atoms with E-state index in [1.807, 2.05) is 0 Å². The Bertz CT molecular complexity index is 676. The molecule has 0 saturated carbocycles. The molecule has 1 heterocycles. The molecule has 1 aromatic heterocycles. The van der Waals surface area contributed by atoms with Gasteiger partial charge in [-0.1, -0.05) is 18.2 Å². The molecule has 0 atom stereocenters. The Hall–Kier alpha value is -2.14. The molecule has 0 unspecified atom stereocenters. The number of ketones is 1. The van der Waals surface area contributed by atoms with E-state index in [9.17, 15) is 18.0 Å². The number of Topliss-reactive ketones (excluding diaryl/α,β-unsaturated/α-hetero) is 1. The Kier molecular flexibility index (Phi) is 4.14. The van der Waals surface area contributed by atoms with E-state index in [2.05, 4.69) is 11.6 Å². The van der Waals surface area contributed by atoms with Crippen molar-refractivity contribution in [2.45, 2.75) is 6.18 Å². The van der Waals surface area contributed by atoms with Crippen LogP contribution in [0.15, 0.2) is 49.2 Å². The molecular weight excluding hydrogens is 303 g/mol. The van der Waals surface area contributed by atoms with Gasteiger partial charge in [-0.25, -0.2) is 0 Å². The highest BCUT2D eigenvalue weighted by molar-refractivity contribution is 6.31. The van der Waals surface area contributed by atoms with E-state index in [0.29, 0.717) is 16.8 Å². The zero-order valence-corrected chi connectivity index (χ0v) is 11.4. The summed E-state index contributed by atoms with van der Waals surface area (Å²) < 4.78 is 37.3. The molecule has 108 valence electrons. The van der Waals surface area contributed by atoms with Crippen LogP contribution in [0.3, 0.4) is 0 Å². The number of aromatic nitrogens is 1. The average molecular weight is 312 g/mol. The predicted molar refractivity (Wildman–Crippen MR) is 74.1 cm³/mol. The van der Waals surface area contributed by atoms with Crippen molar-refractivity contribution in [1.29, 1.82) is 0 Å². The number of hydrogen-bond donors (Lipinski definition) is 0. The van der Waals surface area contributed by atoms with Gasteiger partial charge in [0.05, 0.1) is 11.3 Å². The first-order chi connectivity index (χ1) is 9.79. The van der Waals surface area contributed by atoms with Crippen LogP contribution in [0.25, 0.3) is 5.57 Å². The molecule has 2 rings (SSSR count). The van der Waals surface area contributed by atoms with E-state index in [-0.39, 0.29) is 11.3 Å². The number of hydrogen-bond acceptors (Lipinski definition) is 2.